The number of carbonyl (C=O) groups is 1. The van der Waals surface area contributed by atoms with E-state index >= 15 is 0 Å². The molecule has 9 nitrogen and oxygen atoms in total. The maximum absolute atomic E-state index is 12.8. The van der Waals surface area contributed by atoms with Gasteiger partial charge in [0.25, 0.3) is 0 Å². The number of nitrogens with zero attached hydrogens (tertiary/aromatic N) is 7. The number of piperidine rings is 1. The SMILES string of the molecule is Cn1nnnc1-c1cccc(NC(=O)[C@@H]2CCCN(c3ccc(Cl)nn3)C2)c1. The summed E-state index contributed by atoms with van der Waals surface area (Å²) in [5, 5.41) is 22.9. The van der Waals surface area contributed by atoms with E-state index in [-0.39, 0.29) is 11.8 Å². The van der Waals surface area contributed by atoms with Gasteiger partial charge in [0.05, 0.1) is 5.92 Å². The van der Waals surface area contributed by atoms with Gasteiger partial charge in [0.2, 0.25) is 5.91 Å². The number of aromatic nitrogens is 6. The van der Waals surface area contributed by atoms with Gasteiger partial charge in [-0.3, -0.25) is 4.79 Å². The molecule has 2 aromatic heterocycles. The Hall–Kier alpha value is -3.07. The molecule has 1 aliphatic rings. The molecule has 1 aliphatic heterocycles. The van der Waals surface area contributed by atoms with Crippen molar-refractivity contribution in [3.63, 3.8) is 0 Å². The Morgan fingerprint density at radius 1 is 1.21 bits per heavy atom. The summed E-state index contributed by atoms with van der Waals surface area (Å²) in [6, 6.07) is 11.0. The third-order valence-corrected chi connectivity index (χ3v) is 4.94. The van der Waals surface area contributed by atoms with Crippen molar-refractivity contribution >= 4 is 29.0 Å². The number of halogens is 1. The molecule has 1 N–H and O–H groups in total. The first kappa shape index (κ1) is 18.3. The average Bonchev–Trinajstić information content (AvgIpc) is 3.15. The minimum absolute atomic E-state index is 0.0140. The van der Waals surface area contributed by atoms with Crippen LogP contribution in [0.1, 0.15) is 12.8 Å². The van der Waals surface area contributed by atoms with E-state index in [1.165, 1.54) is 0 Å². The molecular weight excluding hydrogens is 380 g/mol. The summed E-state index contributed by atoms with van der Waals surface area (Å²) in [6.45, 7) is 1.43. The molecule has 144 valence electrons. The van der Waals surface area contributed by atoms with Crippen molar-refractivity contribution < 1.29 is 4.79 Å². The van der Waals surface area contributed by atoms with Crippen LogP contribution in [0.25, 0.3) is 11.4 Å². The van der Waals surface area contributed by atoms with Crippen LogP contribution < -0.4 is 10.2 Å². The molecule has 0 unspecified atom stereocenters. The van der Waals surface area contributed by atoms with E-state index in [0.29, 0.717) is 23.2 Å². The van der Waals surface area contributed by atoms with Gasteiger partial charge in [-0.25, -0.2) is 4.68 Å². The number of hydrogen-bond acceptors (Lipinski definition) is 7. The third kappa shape index (κ3) is 3.94. The summed E-state index contributed by atoms with van der Waals surface area (Å²) in [4.78, 5) is 14.9. The molecule has 1 aromatic carbocycles. The third-order valence-electron chi connectivity index (χ3n) is 4.74. The minimum atomic E-state index is -0.133. The molecule has 28 heavy (non-hydrogen) atoms. The predicted molar refractivity (Wildman–Crippen MR) is 105 cm³/mol. The van der Waals surface area contributed by atoms with Crippen LogP contribution in [0.2, 0.25) is 5.15 Å². The second-order valence-electron chi connectivity index (χ2n) is 6.70. The number of carbonyl (C=O) groups excluding carboxylic acids is 1. The first-order chi connectivity index (χ1) is 13.6. The van der Waals surface area contributed by atoms with Crippen LogP contribution in [-0.2, 0) is 11.8 Å². The molecule has 1 atom stereocenters. The first-order valence-electron chi connectivity index (χ1n) is 8.98. The van der Waals surface area contributed by atoms with E-state index in [9.17, 15) is 4.79 Å². The summed E-state index contributed by atoms with van der Waals surface area (Å²) in [5.74, 6) is 1.23. The number of hydrogen-bond donors (Lipinski definition) is 1. The van der Waals surface area contributed by atoms with E-state index < -0.39 is 0 Å². The number of tetrazole rings is 1. The van der Waals surface area contributed by atoms with Crippen LogP contribution in [0.3, 0.4) is 0 Å². The number of benzene rings is 1. The second-order valence-corrected chi connectivity index (χ2v) is 7.08. The minimum Gasteiger partial charge on any atom is -0.354 e. The van der Waals surface area contributed by atoms with Crippen LogP contribution in [0, 0.1) is 5.92 Å². The Kier molecular flexibility index (Phi) is 5.16. The van der Waals surface area contributed by atoms with Gasteiger partial charge in [0.1, 0.15) is 0 Å². The Morgan fingerprint density at radius 3 is 2.86 bits per heavy atom. The van der Waals surface area contributed by atoms with E-state index in [1.54, 1.807) is 17.8 Å². The van der Waals surface area contributed by atoms with Crippen LogP contribution >= 0.6 is 11.6 Å². The van der Waals surface area contributed by atoms with Gasteiger partial charge in [0.15, 0.2) is 16.8 Å². The first-order valence-corrected chi connectivity index (χ1v) is 9.36. The quantitative estimate of drug-likeness (QED) is 0.718. The molecule has 0 aliphatic carbocycles. The van der Waals surface area contributed by atoms with Crippen molar-refractivity contribution in [1.29, 1.82) is 0 Å². The Morgan fingerprint density at radius 2 is 2.11 bits per heavy atom. The zero-order valence-electron chi connectivity index (χ0n) is 15.3. The number of anilines is 2. The van der Waals surface area contributed by atoms with Crippen LogP contribution in [0.5, 0.6) is 0 Å². The molecule has 10 heteroatoms. The molecule has 3 aromatic rings. The molecule has 0 saturated carbocycles. The average molecular weight is 399 g/mol. The van der Waals surface area contributed by atoms with Crippen molar-refractivity contribution in [3.8, 4) is 11.4 Å². The lowest BCUT2D eigenvalue weighted by Crippen LogP contribution is -2.41. The molecular formula is C18H19ClN8O. The highest BCUT2D eigenvalue weighted by atomic mass is 35.5. The van der Waals surface area contributed by atoms with Gasteiger partial charge in [-0.15, -0.1) is 15.3 Å². The highest BCUT2D eigenvalue weighted by Gasteiger charge is 2.27. The lowest BCUT2D eigenvalue weighted by atomic mass is 9.97. The molecule has 1 fully saturated rings. The maximum atomic E-state index is 12.8. The zero-order valence-corrected chi connectivity index (χ0v) is 16.0. The highest BCUT2D eigenvalue weighted by molar-refractivity contribution is 6.29. The predicted octanol–water partition coefficient (Wildman–Crippen LogP) is 2.18. The molecule has 0 radical (unpaired) electrons. The number of nitrogens with one attached hydrogen (secondary N) is 1. The van der Waals surface area contributed by atoms with Crippen LogP contribution in [-0.4, -0.2) is 49.4 Å². The zero-order chi connectivity index (χ0) is 19.5. The van der Waals surface area contributed by atoms with E-state index in [0.717, 1.165) is 30.8 Å². The van der Waals surface area contributed by atoms with Gasteiger partial charge in [0, 0.05) is 31.4 Å². The number of aryl methyl sites for hydroxylation is 1. The lowest BCUT2D eigenvalue weighted by Gasteiger charge is -2.32. The largest absolute Gasteiger partial charge is 0.354 e. The second kappa shape index (κ2) is 7.89. The van der Waals surface area contributed by atoms with Crippen molar-refractivity contribution in [2.45, 2.75) is 12.8 Å². The molecule has 0 spiro atoms. The summed E-state index contributed by atoms with van der Waals surface area (Å²) in [7, 11) is 1.77. The summed E-state index contributed by atoms with van der Waals surface area (Å²) in [5.41, 5.74) is 1.56. The summed E-state index contributed by atoms with van der Waals surface area (Å²) >= 11 is 5.81. The van der Waals surface area contributed by atoms with Crippen molar-refractivity contribution in [1.82, 2.24) is 30.4 Å². The van der Waals surface area contributed by atoms with E-state index in [2.05, 4.69) is 35.9 Å². The number of amides is 1. The fraction of sp³-hybridized carbons (Fsp3) is 0.333. The molecule has 1 amide bonds. The summed E-state index contributed by atoms with van der Waals surface area (Å²) < 4.78 is 1.59. The standard InChI is InChI=1S/C18H19ClN8O/c1-26-17(23-24-25-26)12-4-2-6-14(10-12)20-18(28)13-5-3-9-27(11-13)16-8-7-15(19)21-22-16/h2,4,6-8,10,13H,3,5,9,11H2,1H3,(H,20,28)/t13-/m1/s1. The normalized spacial score (nSPS) is 16.8. The summed E-state index contributed by atoms with van der Waals surface area (Å²) in [6.07, 6.45) is 1.74. The fourth-order valence-corrected chi connectivity index (χ4v) is 3.43. The van der Waals surface area contributed by atoms with E-state index in [1.807, 2.05) is 30.3 Å². The Bertz CT molecular complexity index is 974. The van der Waals surface area contributed by atoms with Crippen LogP contribution in [0.15, 0.2) is 36.4 Å². The van der Waals surface area contributed by atoms with Gasteiger partial charge in [-0.05, 0) is 47.5 Å². The van der Waals surface area contributed by atoms with Crippen molar-refractivity contribution in [2.75, 3.05) is 23.3 Å². The Labute approximate surface area is 166 Å². The monoisotopic (exact) mass is 398 g/mol. The topological polar surface area (TPSA) is 102 Å². The smallest absolute Gasteiger partial charge is 0.229 e. The fourth-order valence-electron chi connectivity index (χ4n) is 3.33. The molecule has 0 bridgehead atoms. The van der Waals surface area contributed by atoms with E-state index in [4.69, 9.17) is 11.6 Å². The van der Waals surface area contributed by atoms with Gasteiger partial charge in [-0.2, -0.15) is 0 Å². The number of rotatable bonds is 4. The van der Waals surface area contributed by atoms with Gasteiger partial charge >= 0.3 is 0 Å². The van der Waals surface area contributed by atoms with Crippen LogP contribution in [0.4, 0.5) is 11.5 Å². The lowest BCUT2D eigenvalue weighted by molar-refractivity contribution is -0.120. The highest BCUT2D eigenvalue weighted by Crippen LogP contribution is 2.24. The van der Waals surface area contributed by atoms with Crippen molar-refractivity contribution in [2.24, 2.45) is 13.0 Å². The van der Waals surface area contributed by atoms with Gasteiger partial charge in [-0.1, -0.05) is 23.7 Å². The maximum Gasteiger partial charge on any atom is 0.229 e. The van der Waals surface area contributed by atoms with Gasteiger partial charge < -0.3 is 10.2 Å². The molecule has 3 heterocycles. The Balaban J connectivity index is 1.45. The molecule has 1 saturated heterocycles. The van der Waals surface area contributed by atoms with Crippen molar-refractivity contribution in [3.05, 3.63) is 41.6 Å². The molecule has 4 rings (SSSR count).